The third-order valence-electron chi connectivity index (χ3n) is 5.10. The van der Waals surface area contributed by atoms with Gasteiger partial charge < -0.3 is 10.1 Å². The van der Waals surface area contributed by atoms with Crippen LogP contribution < -0.4 is 10.1 Å². The average molecular weight is 445 g/mol. The second-order valence-electron chi connectivity index (χ2n) is 7.27. The largest absolute Gasteiger partial charge is 0.496 e. The highest BCUT2D eigenvalue weighted by atomic mass is 19.4. The Kier molecular flexibility index (Phi) is 6.38. The van der Waals surface area contributed by atoms with E-state index in [1.165, 1.54) is 37.8 Å². The van der Waals surface area contributed by atoms with E-state index in [1.54, 1.807) is 31.2 Å². The summed E-state index contributed by atoms with van der Waals surface area (Å²) in [5.41, 5.74) is 0.564. The lowest BCUT2D eigenvalue weighted by Crippen LogP contribution is -2.33. The number of amides is 1. The summed E-state index contributed by atoms with van der Waals surface area (Å²) in [6, 6.07) is 11.2. The molecule has 9 heteroatoms. The van der Waals surface area contributed by atoms with E-state index in [0.29, 0.717) is 11.3 Å². The Morgan fingerprint density at radius 2 is 1.78 bits per heavy atom. The van der Waals surface area contributed by atoms with Gasteiger partial charge in [-0.3, -0.25) is 9.59 Å². The number of rotatable bonds is 6. The van der Waals surface area contributed by atoms with Crippen LogP contribution >= 0.6 is 0 Å². The highest BCUT2D eigenvalue weighted by Crippen LogP contribution is 2.31. The molecule has 0 spiro atoms. The maximum Gasteiger partial charge on any atom is 0.416 e. The summed E-state index contributed by atoms with van der Waals surface area (Å²) < 4.78 is 45.7. The van der Waals surface area contributed by atoms with Gasteiger partial charge in [0.05, 0.1) is 41.4 Å². The minimum Gasteiger partial charge on any atom is -0.496 e. The van der Waals surface area contributed by atoms with Gasteiger partial charge in [0.2, 0.25) is 0 Å². The molecule has 6 nitrogen and oxygen atoms in total. The molecular weight excluding hydrogens is 423 g/mol. The van der Waals surface area contributed by atoms with E-state index >= 15 is 0 Å². The highest BCUT2D eigenvalue weighted by Gasteiger charge is 2.31. The average Bonchev–Trinajstić information content (AvgIpc) is 3.06. The monoisotopic (exact) mass is 445 g/mol. The number of ketones is 1. The molecule has 0 radical (unpaired) electrons. The van der Waals surface area contributed by atoms with Crippen molar-refractivity contribution >= 4 is 11.7 Å². The van der Waals surface area contributed by atoms with E-state index in [0.717, 1.165) is 12.1 Å². The van der Waals surface area contributed by atoms with Crippen LogP contribution in [0.1, 0.15) is 45.8 Å². The number of carbonyl (C=O) groups is 2. The molecule has 3 aromatic rings. The molecule has 1 atom stereocenters. The number of halogens is 3. The number of para-hydroxylation sites is 1. The number of nitrogens with zero attached hydrogens (tertiary/aromatic N) is 2. The first-order chi connectivity index (χ1) is 15.0. The van der Waals surface area contributed by atoms with E-state index in [4.69, 9.17) is 4.74 Å². The summed E-state index contributed by atoms with van der Waals surface area (Å²) in [5, 5.41) is 6.85. The molecule has 1 N–H and O–H groups in total. The molecule has 0 saturated heterocycles. The maximum absolute atomic E-state index is 13.1. The van der Waals surface area contributed by atoms with Gasteiger partial charge in [-0.05, 0) is 45.0 Å². The van der Waals surface area contributed by atoms with Crippen molar-refractivity contribution in [2.24, 2.45) is 0 Å². The Morgan fingerprint density at radius 3 is 2.44 bits per heavy atom. The number of carbonyl (C=O) groups excluding carboxylic acids is 2. The first-order valence-corrected chi connectivity index (χ1v) is 9.76. The topological polar surface area (TPSA) is 73.2 Å². The number of benzene rings is 2. The first-order valence-electron chi connectivity index (χ1n) is 9.76. The second-order valence-corrected chi connectivity index (χ2v) is 7.27. The lowest BCUT2D eigenvalue weighted by molar-refractivity contribution is -0.137. The Labute approximate surface area is 183 Å². The van der Waals surface area contributed by atoms with Crippen molar-refractivity contribution in [3.63, 3.8) is 0 Å². The minimum absolute atomic E-state index is 0.0483. The zero-order valence-corrected chi connectivity index (χ0v) is 17.9. The highest BCUT2D eigenvalue weighted by molar-refractivity contribution is 6.43. The fourth-order valence-electron chi connectivity index (χ4n) is 3.51. The van der Waals surface area contributed by atoms with E-state index in [9.17, 15) is 22.8 Å². The van der Waals surface area contributed by atoms with Crippen LogP contribution in [-0.4, -0.2) is 28.6 Å². The van der Waals surface area contributed by atoms with Crippen molar-refractivity contribution in [2.45, 2.75) is 33.0 Å². The maximum atomic E-state index is 13.1. The molecule has 32 heavy (non-hydrogen) atoms. The molecule has 3 rings (SSSR count). The molecule has 1 amide bonds. The molecule has 0 aliphatic rings. The lowest BCUT2D eigenvalue weighted by Gasteiger charge is -2.16. The number of alkyl halides is 3. The quantitative estimate of drug-likeness (QED) is 0.445. The molecule has 1 aromatic heterocycles. The third-order valence-corrected chi connectivity index (χ3v) is 5.10. The number of hydrogen-bond donors (Lipinski definition) is 1. The summed E-state index contributed by atoms with van der Waals surface area (Å²) in [6.07, 6.45) is -4.51. The van der Waals surface area contributed by atoms with Crippen LogP contribution in [0.5, 0.6) is 5.75 Å². The fraction of sp³-hybridized carbons (Fsp3) is 0.261. The standard InChI is InChI=1S/C23H22F3N3O3/c1-13(18-10-5-6-11-19(18)32-4)27-22(31)21(30)20-14(2)28-29(15(20)3)17-9-7-8-16(12-17)23(24,25)26/h5-13H,1-4H3,(H,27,31). The molecule has 0 aliphatic carbocycles. The number of aromatic nitrogens is 2. The van der Waals surface area contributed by atoms with Crippen molar-refractivity contribution < 1.29 is 27.5 Å². The summed E-state index contributed by atoms with van der Waals surface area (Å²) in [5.74, 6) is -1.10. The van der Waals surface area contributed by atoms with Gasteiger partial charge in [-0.25, -0.2) is 4.68 Å². The molecule has 2 aromatic carbocycles. The summed E-state index contributed by atoms with van der Waals surface area (Å²) in [4.78, 5) is 25.6. The van der Waals surface area contributed by atoms with Crippen molar-refractivity contribution in [1.29, 1.82) is 0 Å². The van der Waals surface area contributed by atoms with Crippen LogP contribution in [0.25, 0.3) is 5.69 Å². The Morgan fingerprint density at radius 1 is 1.09 bits per heavy atom. The first kappa shape index (κ1) is 23.1. The lowest BCUT2D eigenvalue weighted by atomic mass is 10.0. The molecule has 1 unspecified atom stereocenters. The van der Waals surface area contributed by atoms with E-state index in [1.807, 2.05) is 0 Å². The van der Waals surface area contributed by atoms with Crippen LogP contribution in [0.3, 0.4) is 0 Å². The molecular formula is C23H22F3N3O3. The molecule has 0 aliphatic heterocycles. The van der Waals surface area contributed by atoms with Gasteiger partial charge >= 0.3 is 6.18 Å². The smallest absolute Gasteiger partial charge is 0.416 e. The zero-order chi connectivity index (χ0) is 23.6. The Hall–Kier alpha value is -3.62. The van der Waals surface area contributed by atoms with Crippen LogP contribution in [0, 0.1) is 13.8 Å². The van der Waals surface area contributed by atoms with Crippen LogP contribution in [0.15, 0.2) is 48.5 Å². The predicted molar refractivity (Wildman–Crippen MR) is 112 cm³/mol. The zero-order valence-electron chi connectivity index (χ0n) is 17.9. The van der Waals surface area contributed by atoms with Gasteiger partial charge in [-0.1, -0.05) is 24.3 Å². The molecule has 0 bridgehead atoms. The van der Waals surface area contributed by atoms with Gasteiger partial charge in [0.15, 0.2) is 0 Å². The van der Waals surface area contributed by atoms with Crippen molar-refractivity contribution in [2.75, 3.05) is 7.11 Å². The number of ether oxygens (including phenoxy) is 1. The van der Waals surface area contributed by atoms with Crippen LogP contribution in [0.4, 0.5) is 13.2 Å². The van der Waals surface area contributed by atoms with Gasteiger partial charge in [-0.15, -0.1) is 0 Å². The normalized spacial score (nSPS) is 12.3. The predicted octanol–water partition coefficient (Wildman–Crippen LogP) is 4.58. The summed E-state index contributed by atoms with van der Waals surface area (Å²) >= 11 is 0. The molecule has 1 heterocycles. The van der Waals surface area contributed by atoms with Crippen LogP contribution in [0.2, 0.25) is 0 Å². The van der Waals surface area contributed by atoms with Crippen molar-refractivity contribution in [3.8, 4) is 11.4 Å². The molecule has 0 fully saturated rings. The van der Waals surface area contributed by atoms with Gasteiger partial charge in [-0.2, -0.15) is 18.3 Å². The van der Waals surface area contributed by atoms with Gasteiger partial charge in [0.1, 0.15) is 5.75 Å². The number of nitrogens with one attached hydrogen (secondary N) is 1. The minimum atomic E-state index is -4.51. The second kappa shape index (κ2) is 8.86. The summed E-state index contributed by atoms with van der Waals surface area (Å²) in [7, 11) is 1.51. The van der Waals surface area contributed by atoms with Crippen LogP contribution in [-0.2, 0) is 11.0 Å². The van der Waals surface area contributed by atoms with Crippen molar-refractivity contribution in [3.05, 3.63) is 76.6 Å². The molecule has 0 saturated carbocycles. The van der Waals surface area contributed by atoms with Gasteiger partial charge in [0.25, 0.3) is 11.7 Å². The molecule has 168 valence electrons. The van der Waals surface area contributed by atoms with E-state index < -0.39 is 29.5 Å². The number of aryl methyl sites for hydroxylation is 1. The Balaban J connectivity index is 1.88. The SMILES string of the molecule is COc1ccccc1C(C)NC(=O)C(=O)c1c(C)nn(-c2cccc(C(F)(F)F)c2)c1C. The van der Waals surface area contributed by atoms with E-state index in [2.05, 4.69) is 10.4 Å². The van der Waals surface area contributed by atoms with E-state index in [-0.39, 0.29) is 22.6 Å². The van der Waals surface area contributed by atoms with Crippen molar-refractivity contribution in [1.82, 2.24) is 15.1 Å². The number of hydrogen-bond acceptors (Lipinski definition) is 4. The van der Waals surface area contributed by atoms with Gasteiger partial charge in [0, 0.05) is 5.56 Å². The number of methoxy groups -OCH3 is 1. The third kappa shape index (κ3) is 4.51. The fourth-order valence-corrected chi connectivity index (χ4v) is 3.51. The summed E-state index contributed by atoms with van der Waals surface area (Å²) in [6.45, 7) is 4.78. The Bertz CT molecular complexity index is 1170. The number of Topliss-reactive ketones (excluding diaryl/α,β-unsaturated/α-hetero) is 1.